The van der Waals surface area contributed by atoms with E-state index in [-0.39, 0.29) is 17.5 Å². The number of Topliss-reactive ketones (excluding diaryl/α,β-unsaturated/α-hetero) is 1. The van der Waals surface area contributed by atoms with Crippen molar-refractivity contribution in [2.75, 3.05) is 0 Å². The van der Waals surface area contributed by atoms with Crippen molar-refractivity contribution in [2.24, 2.45) is 11.1 Å². The van der Waals surface area contributed by atoms with Gasteiger partial charge in [-0.05, 0) is 52.5 Å². The molecule has 0 amide bonds. The topological polar surface area (TPSA) is 93.2 Å². The number of allylic oxidation sites excluding steroid dienone is 2. The molecular formula is C17H28N2O3. The van der Waals surface area contributed by atoms with Gasteiger partial charge in [-0.1, -0.05) is 6.92 Å². The lowest BCUT2D eigenvalue weighted by Gasteiger charge is -2.35. The van der Waals surface area contributed by atoms with Crippen LogP contribution in [-0.4, -0.2) is 23.1 Å². The molecular weight excluding hydrogens is 280 g/mol. The summed E-state index contributed by atoms with van der Waals surface area (Å²) in [5.41, 5.74) is 5.91. The van der Waals surface area contributed by atoms with Crippen molar-refractivity contribution in [3.63, 3.8) is 0 Å². The number of hydrogen-bond acceptors (Lipinski definition) is 5. The van der Waals surface area contributed by atoms with E-state index in [9.17, 15) is 9.59 Å². The van der Waals surface area contributed by atoms with Gasteiger partial charge in [0.2, 0.25) is 0 Å². The lowest BCUT2D eigenvalue weighted by Crippen LogP contribution is -2.39. The number of rotatable bonds is 5. The molecule has 0 aromatic heterocycles. The summed E-state index contributed by atoms with van der Waals surface area (Å²) in [5.74, 6) is -0.449. The number of hydrogen-bond donors (Lipinski definition) is 2. The quantitative estimate of drug-likeness (QED) is 0.602. The molecule has 5 heteroatoms. The minimum absolute atomic E-state index is 0.00517. The van der Waals surface area contributed by atoms with E-state index in [1.807, 2.05) is 34.6 Å². The largest absolute Gasteiger partial charge is 0.460 e. The molecule has 0 saturated carbocycles. The standard InChI is InChI=1S/C17H28N2O3/c1-6-7-13(20)14(19)11-8-9-17(5,10-12(11)18)15(21)22-16(2,3)4/h19H,6-10,18H2,1-5H3. The Morgan fingerprint density at radius 3 is 2.41 bits per heavy atom. The first-order chi connectivity index (χ1) is 10.00. The summed E-state index contributed by atoms with van der Waals surface area (Å²) in [6, 6.07) is 0. The van der Waals surface area contributed by atoms with Crippen LogP contribution in [0.4, 0.5) is 0 Å². The van der Waals surface area contributed by atoms with Crippen molar-refractivity contribution in [2.45, 2.75) is 72.3 Å². The Hall–Kier alpha value is -1.65. The van der Waals surface area contributed by atoms with Gasteiger partial charge in [-0.2, -0.15) is 0 Å². The van der Waals surface area contributed by atoms with Crippen LogP contribution in [-0.2, 0) is 14.3 Å². The highest BCUT2D eigenvalue weighted by atomic mass is 16.6. The molecule has 0 bridgehead atoms. The molecule has 3 N–H and O–H groups in total. The van der Waals surface area contributed by atoms with Crippen molar-refractivity contribution in [3.05, 3.63) is 11.3 Å². The molecule has 1 aliphatic rings. The molecule has 1 unspecified atom stereocenters. The summed E-state index contributed by atoms with van der Waals surface area (Å²) in [6.45, 7) is 9.24. The van der Waals surface area contributed by atoms with Crippen LogP contribution < -0.4 is 5.73 Å². The average molecular weight is 308 g/mol. The molecule has 0 aliphatic heterocycles. The number of carbonyl (C=O) groups is 2. The SMILES string of the molecule is CCCC(=O)C(=N)C1=C(N)CC(C)(C(=O)OC(C)(C)C)CC1. The van der Waals surface area contributed by atoms with Gasteiger partial charge < -0.3 is 10.5 Å². The lowest BCUT2D eigenvalue weighted by molar-refractivity contribution is -0.167. The van der Waals surface area contributed by atoms with Gasteiger partial charge in [0.15, 0.2) is 5.78 Å². The third kappa shape index (κ3) is 4.42. The van der Waals surface area contributed by atoms with Gasteiger partial charge in [-0.3, -0.25) is 15.0 Å². The highest BCUT2D eigenvalue weighted by molar-refractivity contribution is 6.45. The fourth-order valence-corrected chi connectivity index (χ4v) is 2.56. The zero-order valence-corrected chi connectivity index (χ0v) is 14.3. The van der Waals surface area contributed by atoms with Crippen LogP contribution in [0.5, 0.6) is 0 Å². The Labute approximate surface area is 132 Å². The van der Waals surface area contributed by atoms with Crippen molar-refractivity contribution in [3.8, 4) is 0 Å². The maximum Gasteiger partial charge on any atom is 0.312 e. The number of nitrogens with one attached hydrogen (secondary N) is 1. The van der Waals surface area contributed by atoms with Crippen LogP contribution in [0.25, 0.3) is 0 Å². The summed E-state index contributed by atoms with van der Waals surface area (Å²) in [6.07, 6.45) is 2.41. The molecule has 1 aliphatic carbocycles. The zero-order chi connectivity index (χ0) is 17.1. The molecule has 22 heavy (non-hydrogen) atoms. The summed E-state index contributed by atoms with van der Waals surface area (Å²) >= 11 is 0. The number of ketones is 1. The highest BCUT2D eigenvalue weighted by Gasteiger charge is 2.41. The molecule has 0 saturated heterocycles. The first kappa shape index (κ1) is 18.4. The van der Waals surface area contributed by atoms with Crippen molar-refractivity contribution in [1.29, 1.82) is 5.41 Å². The summed E-state index contributed by atoms with van der Waals surface area (Å²) in [7, 11) is 0. The van der Waals surface area contributed by atoms with Crippen LogP contribution in [0.15, 0.2) is 11.3 Å². The minimum Gasteiger partial charge on any atom is -0.460 e. The monoisotopic (exact) mass is 308 g/mol. The van der Waals surface area contributed by atoms with E-state index in [0.717, 1.165) is 0 Å². The van der Waals surface area contributed by atoms with E-state index < -0.39 is 11.0 Å². The number of esters is 1. The Balaban J connectivity index is 2.89. The molecule has 0 radical (unpaired) electrons. The smallest absolute Gasteiger partial charge is 0.312 e. The molecule has 124 valence electrons. The predicted molar refractivity (Wildman–Crippen MR) is 86.7 cm³/mol. The molecule has 1 rings (SSSR count). The van der Waals surface area contributed by atoms with E-state index in [1.165, 1.54) is 0 Å². The maximum atomic E-state index is 12.4. The van der Waals surface area contributed by atoms with E-state index in [4.69, 9.17) is 15.9 Å². The summed E-state index contributed by atoms with van der Waals surface area (Å²) in [5, 5.41) is 8.00. The third-order valence-electron chi connectivity index (χ3n) is 3.84. The van der Waals surface area contributed by atoms with Gasteiger partial charge in [0.05, 0.1) is 5.41 Å². The fourth-order valence-electron chi connectivity index (χ4n) is 2.56. The normalized spacial score (nSPS) is 22.4. The van der Waals surface area contributed by atoms with E-state index in [1.54, 1.807) is 0 Å². The second kappa shape index (κ2) is 6.63. The third-order valence-corrected chi connectivity index (χ3v) is 3.84. The van der Waals surface area contributed by atoms with Gasteiger partial charge in [-0.25, -0.2) is 0 Å². The Morgan fingerprint density at radius 2 is 1.95 bits per heavy atom. The zero-order valence-electron chi connectivity index (χ0n) is 14.3. The van der Waals surface area contributed by atoms with Crippen molar-refractivity contribution < 1.29 is 14.3 Å². The van der Waals surface area contributed by atoms with Crippen molar-refractivity contribution in [1.82, 2.24) is 0 Å². The summed E-state index contributed by atoms with van der Waals surface area (Å²) < 4.78 is 5.47. The van der Waals surface area contributed by atoms with Gasteiger partial charge in [0, 0.05) is 18.5 Å². The molecule has 5 nitrogen and oxygen atoms in total. The average Bonchev–Trinajstić information content (AvgIpc) is 2.36. The van der Waals surface area contributed by atoms with Gasteiger partial charge in [0.25, 0.3) is 0 Å². The minimum atomic E-state index is -0.686. The van der Waals surface area contributed by atoms with E-state index in [0.29, 0.717) is 43.4 Å². The first-order valence-corrected chi connectivity index (χ1v) is 7.83. The predicted octanol–water partition coefficient (Wildman–Crippen LogP) is 3.12. The highest BCUT2D eigenvalue weighted by Crippen LogP contribution is 2.39. The molecule has 0 aromatic carbocycles. The van der Waals surface area contributed by atoms with Crippen LogP contribution in [0.3, 0.4) is 0 Å². The van der Waals surface area contributed by atoms with Crippen molar-refractivity contribution >= 4 is 17.5 Å². The lowest BCUT2D eigenvalue weighted by atomic mass is 9.73. The second-order valence-corrected chi connectivity index (χ2v) is 7.29. The number of nitrogens with two attached hydrogens (primary N) is 1. The van der Waals surface area contributed by atoms with Gasteiger partial charge >= 0.3 is 5.97 Å². The van der Waals surface area contributed by atoms with Crippen LogP contribution in [0, 0.1) is 10.8 Å². The van der Waals surface area contributed by atoms with E-state index >= 15 is 0 Å². The van der Waals surface area contributed by atoms with Gasteiger partial charge in [-0.15, -0.1) is 0 Å². The molecule has 0 aromatic rings. The van der Waals surface area contributed by atoms with E-state index in [2.05, 4.69) is 0 Å². The first-order valence-electron chi connectivity index (χ1n) is 7.83. The van der Waals surface area contributed by atoms with Gasteiger partial charge in [0.1, 0.15) is 11.3 Å². The molecule has 0 heterocycles. The van der Waals surface area contributed by atoms with Crippen LogP contribution >= 0.6 is 0 Å². The number of ether oxygens (including phenoxy) is 1. The summed E-state index contributed by atoms with van der Waals surface area (Å²) in [4.78, 5) is 24.2. The Morgan fingerprint density at radius 1 is 1.36 bits per heavy atom. The van der Waals surface area contributed by atoms with Crippen LogP contribution in [0.2, 0.25) is 0 Å². The second-order valence-electron chi connectivity index (χ2n) is 7.29. The Kier molecular flexibility index (Phi) is 5.54. The maximum absolute atomic E-state index is 12.4. The Bertz CT molecular complexity index is 514. The van der Waals surface area contributed by atoms with Crippen LogP contribution in [0.1, 0.15) is 66.7 Å². The molecule has 0 spiro atoms. The fraction of sp³-hybridized carbons (Fsp3) is 0.706. The number of carbonyl (C=O) groups excluding carboxylic acids is 2. The molecule has 1 atom stereocenters. The molecule has 0 fully saturated rings.